The first-order chi connectivity index (χ1) is 9.97. The van der Waals surface area contributed by atoms with Crippen molar-refractivity contribution in [3.8, 4) is 11.3 Å². The highest BCUT2D eigenvalue weighted by molar-refractivity contribution is 6.30. The molecule has 0 bridgehead atoms. The Labute approximate surface area is 128 Å². The minimum atomic E-state index is 0.638. The first-order valence-corrected chi connectivity index (χ1v) is 7.06. The van der Waals surface area contributed by atoms with E-state index in [2.05, 4.69) is 4.98 Å². The number of imidazole rings is 1. The van der Waals surface area contributed by atoms with Crippen molar-refractivity contribution in [2.24, 2.45) is 0 Å². The fraction of sp³-hybridized carbons (Fsp3) is 0.188. The Hall–Kier alpha value is -2.20. The van der Waals surface area contributed by atoms with Crippen LogP contribution in [0.25, 0.3) is 16.9 Å². The third kappa shape index (κ3) is 2.32. The normalized spacial score (nSPS) is 11.0. The molecule has 2 aromatic heterocycles. The predicted octanol–water partition coefficient (Wildman–Crippen LogP) is 3.61. The van der Waals surface area contributed by atoms with Crippen molar-refractivity contribution in [1.29, 1.82) is 0 Å². The van der Waals surface area contributed by atoms with E-state index in [4.69, 9.17) is 17.3 Å². The zero-order chi connectivity index (χ0) is 15.1. The zero-order valence-corrected chi connectivity index (χ0v) is 13.0. The number of fused-ring (bicyclic) bond motifs is 1. The molecule has 21 heavy (non-hydrogen) atoms. The van der Waals surface area contributed by atoms with Crippen LogP contribution in [0.15, 0.2) is 36.5 Å². The third-order valence-electron chi connectivity index (χ3n) is 3.60. The number of hydrogen-bond acceptors (Lipinski definition) is 3. The van der Waals surface area contributed by atoms with E-state index in [1.165, 1.54) is 0 Å². The molecule has 0 aliphatic carbocycles. The maximum absolute atomic E-state index is 6.30. The van der Waals surface area contributed by atoms with Crippen LogP contribution in [0.4, 0.5) is 11.5 Å². The summed E-state index contributed by atoms with van der Waals surface area (Å²) < 4.78 is 1.92. The lowest BCUT2D eigenvalue weighted by atomic mass is 10.1. The van der Waals surface area contributed by atoms with E-state index >= 15 is 0 Å². The van der Waals surface area contributed by atoms with Crippen LogP contribution in [0, 0.1) is 6.92 Å². The number of anilines is 2. The molecule has 0 aliphatic rings. The number of hydrogen-bond donors (Lipinski definition) is 1. The SMILES string of the molecule is Cc1cc(Cl)ccc1-c1nc2ccc(N(C)C)cn2c1N. The lowest BCUT2D eigenvalue weighted by Crippen LogP contribution is -2.09. The van der Waals surface area contributed by atoms with E-state index in [9.17, 15) is 0 Å². The van der Waals surface area contributed by atoms with Crippen LogP contribution in [-0.4, -0.2) is 23.5 Å². The van der Waals surface area contributed by atoms with Crippen molar-refractivity contribution in [3.05, 3.63) is 47.1 Å². The highest BCUT2D eigenvalue weighted by Gasteiger charge is 2.14. The molecule has 0 aliphatic heterocycles. The lowest BCUT2D eigenvalue weighted by molar-refractivity contribution is 1.09. The molecule has 0 amide bonds. The number of halogens is 1. The summed E-state index contributed by atoms with van der Waals surface area (Å²) >= 11 is 6.02. The van der Waals surface area contributed by atoms with E-state index < -0.39 is 0 Å². The van der Waals surface area contributed by atoms with Gasteiger partial charge in [0.1, 0.15) is 17.2 Å². The second-order valence-corrected chi connectivity index (χ2v) is 5.75. The topological polar surface area (TPSA) is 46.6 Å². The van der Waals surface area contributed by atoms with Gasteiger partial charge < -0.3 is 10.6 Å². The van der Waals surface area contributed by atoms with Crippen molar-refractivity contribution in [3.63, 3.8) is 0 Å². The molecule has 0 saturated carbocycles. The smallest absolute Gasteiger partial charge is 0.139 e. The first-order valence-electron chi connectivity index (χ1n) is 6.69. The molecule has 5 heteroatoms. The number of aromatic nitrogens is 2. The maximum atomic E-state index is 6.30. The Bertz CT molecular complexity index is 821. The van der Waals surface area contributed by atoms with Gasteiger partial charge in [0.05, 0.1) is 5.69 Å². The van der Waals surface area contributed by atoms with Crippen molar-refractivity contribution in [1.82, 2.24) is 9.38 Å². The molecule has 0 unspecified atom stereocenters. The molecule has 0 fully saturated rings. The summed E-state index contributed by atoms with van der Waals surface area (Å²) in [5.41, 5.74) is 11.1. The highest BCUT2D eigenvalue weighted by atomic mass is 35.5. The molecule has 2 heterocycles. The van der Waals surface area contributed by atoms with Crippen molar-refractivity contribution in [2.75, 3.05) is 24.7 Å². The molecule has 1 aromatic carbocycles. The fourth-order valence-corrected chi connectivity index (χ4v) is 2.63. The Balaban J connectivity index is 2.22. The number of nitrogens with two attached hydrogens (primary N) is 1. The van der Waals surface area contributed by atoms with Gasteiger partial charge in [-0.3, -0.25) is 4.40 Å². The van der Waals surface area contributed by atoms with Crippen LogP contribution in [0.1, 0.15) is 5.56 Å². The highest BCUT2D eigenvalue weighted by Crippen LogP contribution is 2.31. The summed E-state index contributed by atoms with van der Waals surface area (Å²) in [6.45, 7) is 2.01. The minimum absolute atomic E-state index is 0.638. The Morgan fingerprint density at radius 2 is 1.95 bits per heavy atom. The number of pyridine rings is 1. The van der Waals surface area contributed by atoms with Gasteiger partial charge in [-0.25, -0.2) is 4.98 Å². The van der Waals surface area contributed by atoms with Gasteiger partial charge in [0.25, 0.3) is 0 Å². The van der Waals surface area contributed by atoms with Gasteiger partial charge in [-0.15, -0.1) is 0 Å². The number of nitrogen functional groups attached to an aromatic ring is 1. The Morgan fingerprint density at radius 1 is 1.19 bits per heavy atom. The van der Waals surface area contributed by atoms with Gasteiger partial charge >= 0.3 is 0 Å². The quantitative estimate of drug-likeness (QED) is 0.786. The summed E-state index contributed by atoms with van der Waals surface area (Å²) in [5, 5.41) is 0.716. The van der Waals surface area contributed by atoms with Gasteiger partial charge in [0.2, 0.25) is 0 Å². The molecule has 0 radical (unpaired) electrons. The number of nitrogens with zero attached hydrogens (tertiary/aromatic N) is 3. The molecular weight excluding hydrogens is 284 g/mol. The van der Waals surface area contributed by atoms with E-state index in [-0.39, 0.29) is 0 Å². The van der Waals surface area contributed by atoms with Crippen LogP contribution in [-0.2, 0) is 0 Å². The number of rotatable bonds is 2. The monoisotopic (exact) mass is 300 g/mol. The van der Waals surface area contributed by atoms with Crippen LogP contribution in [0.5, 0.6) is 0 Å². The molecule has 4 nitrogen and oxygen atoms in total. The van der Waals surface area contributed by atoms with Crippen LogP contribution < -0.4 is 10.6 Å². The Morgan fingerprint density at radius 3 is 2.62 bits per heavy atom. The lowest BCUT2D eigenvalue weighted by Gasteiger charge is -2.12. The number of aryl methyl sites for hydroxylation is 1. The third-order valence-corrected chi connectivity index (χ3v) is 3.83. The first kappa shape index (κ1) is 13.8. The predicted molar refractivity (Wildman–Crippen MR) is 89.1 cm³/mol. The van der Waals surface area contributed by atoms with Crippen molar-refractivity contribution < 1.29 is 0 Å². The van der Waals surface area contributed by atoms with Gasteiger partial charge in [-0.05, 0) is 36.8 Å². The van der Waals surface area contributed by atoms with Crippen LogP contribution >= 0.6 is 11.6 Å². The summed E-state index contributed by atoms with van der Waals surface area (Å²) in [4.78, 5) is 6.68. The molecule has 108 valence electrons. The van der Waals surface area contributed by atoms with Crippen molar-refractivity contribution in [2.45, 2.75) is 6.92 Å². The second-order valence-electron chi connectivity index (χ2n) is 5.31. The van der Waals surface area contributed by atoms with Gasteiger partial charge in [0.15, 0.2) is 0 Å². The average molecular weight is 301 g/mol. The summed E-state index contributed by atoms with van der Waals surface area (Å²) in [7, 11) is 4.00. The number of benzene rings is 1. The Kier molecular flexibility index (Phi) is 3.26. The van der Waals surface area contributed by atoms with E-state index in [1.807, 2.05) is 66.8 Å². The van der Waals surface area contributed by atoms with E-state index in [0.717, 1.165) is 28.2 Å². The standard InChI is InChI=1S/C16H17ClN4/c1-10-8-11(17)4-6-13(10)15-16(18)21-9-12(20(2)3)5-7-14(21)19-15/h4-9H,18H2,1-3H3. The van der Waals surface area contributed by atoms with Gasteiger partial charge in [-0.1, -0.05) is 17.7 Å². The average Bonchev–Trinajstić information content (AvgIpc) is 2.75. The molecule has 0 saturated heterocycles. The molecular formula is C16H17ClN4. The summed E-state index contributed by atoms with van der Waals surface area (Å²) in [6.07, 6.45) is 1.99. The molecule has 0 spiro atoms. The molecule has 0 atom stereocenters. The van der Waals surface area contributed by atoms with Crippen LogP contribution in [0.3, 0.4) is 0 Å². The minimum Gasteiger partial charge on any atom is -0.383 e. The molecule has 2 N–H and O–H groups in total. The molecule has 3 rings (SSSR count). The van der Waals surface area contributed by atoms with E-state index in [0.29, 0.717) is 10.8 Å². The molecule has 3 aromatic rings. The van der Waals surface area contributed by atoms with E-state index in [1.54, 1.807) is 0 Å². The van der Waals surface area contributed by atoms with Crippen molar-refractivity contribution >= 4 is 28.8 Å². The summed E-state index contributed by atoms with van der Waals surface area (Å²) in [6, 6.07) is 9.74. The van der Waals surface area contributed by atoms with Gasteiger partial charge in [0, 0.05) is 30.9 Å². The van der Waals surface area contributed by atoms with Crippen LogP contribution in [0.2, 0.25) is 5.02 Å². The fourth-order valence-electron chi connectivity index (χ4n) is 2.41. The second kappa shape index (κ2) is 4.97. The van der Waals surface area contributed by atoms with Gasteiger partial charge in [-0.2, -0.15) is 0 Å². The zero-order valence-electron chi connectivity index (χ0n) is 12.3. The summed E-state index contributed by atoms with van der Waals surface area (Å²) in [5.74, 6) is 0.638. The maximum Gasteiger partial charge on any atom is 0.139 e. The largest absolute Gasteiger partial charge is 0.383 e.